The van der Waals surface area contributed by atoms with Gasteiger partial charge in [0, 0.05) is 12.2 Å². The van der Waals surface area contributed by atoms with Crippen LogP contribution in [0.3, 0.4) is 0 Å². The van der Waals surface area contributed by atoms with Gasteiger partial charge in [-0.3, -0.25) is 0 Å². The van der Waals surface area contributed by atoms with E-state index in [1.54, 1.807) is 0 Å². The van der Waals surface area contributed by atoms with Gasteiger partial charge in [0.25, 0.3) is 0 Å². The van der Waals surface area contributed by atoms with Gasteiger partial charge in [-0.2, -0.15) is 0 Å². The van der Waals surface area contributed by atoms with Gasteiger partial charge in [0.1, 0.15) is 0 Å². The average Bonchev–Trinajstić information content (AvgIpc) is 1.95. The molecule has 0 saturated carbocycles. The lowest BCUT2D eigenvalue weighted by atomic mass is 10.5. The van der Waals surface area contributed by atoms with E-state index in [-0.39, 0.29) is 0 Å². The Morgan fingerprint density at radius 1 is 1.23 bits per heavy atom. The molecular weight excluding hydrogens is 200 g/mol. The number of carbonyl (C=O) groups excluding carboxylic acids is 1. The molecule has 0 aliphatic heterocycles. The van der Waals surface area contributed by atoms with Crippen LogP contribution in [0.5, 0.6) is 0 Å². The highest BCUT2D eigenvalue weighted by Gasteiger charge is 2.28. The zero-order valence-electron chi connectivity index (χ0n) is 6.38. The molecule has 8 heteroatoms. The van der Waals surface area contributed by atoms with E-state index >= 15 is 0 Å². The molecule has 4 N–H and O–H groups in total. The lowest BCUT2D eigenvalue weighted by molar-refractivity contribution is -0.138. The van der Waals surface area contributed by atoms with Crippen LogP contribution < -0.4 is 0 Å². The minimum Gasteiger partial charge on any atom is -0.478 e. The van der Waals surface area contributed by atoms with E-state index in [0.29, 0.717) is 12.2 Å². The standard InChI is InChI=1S/C5H8O7Si/c6-4(7)1-2-5(8)12-3-13(9,10)11/h1-2,9-11H,3H2,(H,6,7). The molecule has 0 amide bonds. The van der Waals surface area contributed by atoms with Crippen LogP contribution in [0.2, 0.25) is 0 Å². The second-order valence-electron chi connectivity index (χ2n) is 2.05. The Labute approximate surface area is 73.9 Å². The number of esters is 1. The molecule has 0 aromatic carbocycles. The van der Waals surface area contributed by atoms with Crippen LogP contribution in [0, 0.1) is 0 Å². The topological polar surface area (TPSA) is 124 Å². The summed E-state index contributed by atoms with van der Waals surface area (Å²) in [6.45, 7) is 0. The van der Waals surface area contributed by atoms with Crippen molar-refractivity contribution in [3.63, 3.8) is 0 Å². The van der Waals surface area contributed by atoms with E-state index in [9.17, 15) is 9.59 Å². The third-order valence-corrected chi connectivity index (χ3v) is 1.30. The smallest absolute Gasteiger partial charge is 0.478 e. The van der Waals surface area contributed by atoms with Gasteiger partial charge in [-0.15, -0.1) is 0 Å². The molecule has 0 aromatic rings. The van der Waals surface area contributed by atoms with Crippen molar-refractivity contribution in [2.45, 2.75) is 0 Å². The maximum atomic E-state index is 10.5. The molecule has 0 atom stereocenters. The summed E-state index contributed by atoms with van der Waals surface area (Å²) in [5.41, 5.74) is 0. The monoisotopic (exact) mass is 208 g/mol. The van der Waals surface area contributed by atoms with E-state index in [1.807, 2.05) is 0 Å². The molecular formula is C5H8O7Si. The Kier molecular flexibility index (Phi) is 4.27. The summed E-state index contributed by atoms with van der Waals surface area (Å²) in [4.78, 5) is 45.5. The van der Waals surface area contributed by atoms with Crippen molar-refractivity contribution in [3.8, 4) is 0 Å². The number of hydrogen-bond acceptors (Lipinski definition) is 6. The molecule has 0 rings (SSSR count). The third kappa shape index (κ3) is 8.69. The van der Waals surface area contributed by atoms with Crippen molar-refractivity contribution >= 4 is 20.7 Å². The molecule has 0 bridgehead atoms. The highest BCUT2D eigenvalue weighted by Crippen LogP contribution is 1.89. The van der Waals surface area contributed by atoms with Crippen molar-refractivity contribution in [1.82, 2.24) is 0 Å². The van der Waals surface area contributed by atoms with Gasteiger partial charge in [0.15, 0.2) is 6.23 Å². The summed E-state index contributed by atoms with van der Waals surface area (Å²) < 4.78 is 4.08. The number of carbonyl (C=O) groups is 2. The minimum absolute atomic E-state index is 0.525. The molecule has 0 unspecified atom stereocenters. The Morgan fingerprint density at radius 2 is 1.77 bits per heavy atom. The van der Waals surface area contributed by atoms with Gasteiger partial charge < -0.3 is 24.2 Å². The summed E-state index contributed by atoms with van der Waals surface area (Å²) in [6.07, 6.45) is 0.190. The summed E-state index contributed by atoms with van der Waals surface area (Å²) in [5.74, 6) is -2.41. The fraction of sp³-hybridized carbons (Fsp3) is 0.200. The van der Waals surface area contributed by atoms with Gasteiger partial charge in [-0.1, -0.05) is 0 Å². The lowest BCUT2D eigenvalue weighted by Crippen LogP contribution is -2.41. The molecule has 0 aliphatic rings. The first-order chi connectivity index (χ1) is 5.81. The quantitative estimate of drug-likeness (QED) is 0.231. The second kappa shape index (κ2) is 4.72. The summed E-state index contributed by atoms with van der Waals surface area (Å²) in [7, 11) is -4.40. The van der Waals surface area contributed by atoms with Gasteiger partial charge in [0.2, 0.25) is 0 Å². The van der Waals surface area contributed by atoms with Gasteiger partial charge in [-0.25, -0.2) is 9.59 Å². The maximum Gasteiger partial charge on any atom is 0.532 e. The number of ether oxygens (including phenoxy) is 1. The first-order valence-electron chi connectivity index (χ1n) is 3.06. The Hall–Kier alpha value is -1.22. The maximum absolute atomic E-state index is 10.5. The van der Waals surface area contributed by atoms with Crippen molar-refractivity contribution in [2.24, 2.45) is 0 Å². The highest BCUT2D eigenvalue weighted by atomic mass is 28.4. The molecule has 0 aromatic heterocycles. The van der Waals surface area contributed by atoms with Crippen LogP contribution in [0.1, 0.15) is 0 Å². The molecule has 74 valence electrons. The molecule has 0 heterocycles. The van der Waals surface area contributed by atoms with Crippen LogP contribution in [-0.2, 0) is 14.3 Å². The Balaban J connectivity index is 3.83. The first-order valence-corrected chi connectivity index (χ1v) is 5.11. The van der Waals surface area contributed by atoms with E-state index in [2.05, 4.69) is 4.74 Å². The molecule has 7 nitrogen and oxygen atoms in total. The fourth-order valence-corrected chi connectivity index (χ4v) is 0.691. The van der Waals surface area contributed by atoms with Crippen LogP contribution in [0.15, 0.2) is 12.2 Å². The van der Waals surface area contributed by atoms with E-state index in [0.717, 1.165) is 0 Å². The normalized spacial score (nSPS) is 11.6. The zero-order chi connectivity index (χ0) is 10.5. The number of rotatable bonds is 4. The van der Waals surface area contributed by atoms with Crippen LogP contribution in [0.25, 0.3) is 0 Å². The van der Waals surface area contributed by atoms with Gasteiger partial charge >= 0.3 is 20.7 Å². The van der Waals surface area contributed by atoms with E-state index in [4.69, 9.17) is 19.5 Å². The second-order valence-corrected chi connectivity index (χ2v) is 3.89. The molecule has 13 heavy (non-hydrogen) atoms. The van der Waals surface area contributed by atoms with Crippen LogP contribution >= 0.6 is 0 Å². The molecule has 0 aliphatic carbocycles. The SMILES string of the molecule is O=C(O)C=CC(=O)OC[Si](O)(O)O. The largest absolute Gasteiger partial charge is 0.532 e. The molecule has 0 radical (unpaired) electrons. The van der Waals surface area contributed by atoms with Crippen LogP contribution in [0.4, 0.5) is 0 Å². The summed E-state index contributed by atoms with van der Waals surface area (Å²) in [5, 5.41) is 8.06. The molecule has 0 spiro atoms. The summed E-state index contributed by atoms with van der Waals surface area (Å²) in [6, 6.07) is 0. The van der Waals surface area contributed by atoms with Crippen molar-refractivity contribution in [3.05, 3.63) is 12.2 Å². The first kappa shape index (κ1) is 11.8. The van der Waals surface area contributed by atoms with E-state index < -0.39 is 27.0 Å². The van der Waals surface area contributed by atoms with Crippen LogP contribution in [-0.4, -0.2) is 46.5 Å². The predicted molar refractivity (Wildman–Crippen MR) is 40.1 cm³/mol. The lowest BCUT2D eigenvalue weighted by Gasteiger charge is -2.07. The number of hydrogen-bond donors (Lipinski definition) is 4. The van der Waals surface area contributed by atoms with Crippen molar-refractivity contribution in [2.75, 3.05) is 6.23 Å². The van der Waals surface area contributed by atoms with Gasteiger partial charge in [0.05, 0.1) is 0 Å². The Morgan fingerprint density at radius 3 is 2.15 bits per heavy atom. The van der Waals surface area contributed by atoms with Crippen molar-refractivity contribution in [1.29, 1.82) is 0 Å². The zero-order valence-corrected chi connectivity index (χ0v) is 7.38. The Bertz CT molecular complexity index is 228. The highest BCUT2D eigenvalue weighted by molar-refractivity contribution is 6.56. The number of carboxylic acids is 1. The number of aliphatic carboxylic acids is 1. The van der Waals surface area contributed by atoms with Gasteiger partial charge in [-0.05, 0) is 0 Å². The molecule has 0 saturated heterocycles. The minimum atomic E-state index is -4.40. The number of carboxylic acid groups (broad SMARTS) is 1. The molecule has 0 fully saturated rings. The predicted octanol–water partition coefficient (Wildman–Crippen LogP) is -2.37. The van der Waals surface area contributed by atoms with E-state index in [1.165, 1.54) is 0 Å². The van der Waals surface area contributed by atoms with Crippen molar-refractivity contribution < 1.29 is 33.8 Å². The third-order valence-electron chi connectivity index (χ3n) is 0.770. The summed E-state index contributed by atoms with van der Waals surface area (Å²) >= 11 is 0. The fourth-order valence-electron chi connectivity index (χ4n) is 0.355. The average molecular weight is 208 g/mol.